The number of nitrogens with zero attached hydrogens (tertiary/aromatic N) is 1. The van der Waals surface area contributed by atoms with Crippen molar-refractivity contribution in [2.45, 2.75) is 26.2 Å². The van der Waals surface area contributed by atoms with Gasteiger partial charge in [-0.15, -0.1) is 24.0 Å². The third-order valence-electron chi connectivity index (χ3n) is 3.72. The molecule has 0 spiro atoms. The van der Waals surface area contributed by atoms with E-state index in [4.69, 9.17) is 15.2 Å². The maximum absolute atomic E-state index is 5.88. The van der Waals surface area contributed by atoms with E-state index in [0.29, 0.717) is 19.1 Å². The highest BCUT2D eigenvalue weighted by Crippen LogP contribution is 2.24. The van der Waals surface area contributed by atoms with Crippen LogP contribution in [0.4, 0.5) is 5.69 Å². The van der Waals surface area contributed by atoms with Crippen LogP contribution in [0.3, 0.4) is 0 Å². The fourth-order valence-corrected chi connectivity index (χ4v) is 2.24. The second-order valence-corrected chi connectivity index (χ2v) is 6.74. The predicted molar refractivity (Wildman–Crippen MR) is 119 cm³/mol. The summed E-state index contributed by atoms with van der Waals surface area (Å²) in [6.45, 7) is 7.53. The number of methoxy groups -OCH3 is 1. The SMILES string of the molecule is COc1ccc(NC(N)=NCCOc2ccc(C(C)(C)C)cc2)cc1.I. The molecule has 0 aliphatic carbocycles. The van der Waals surface area contributed by atoms with Crippen LogP contribution in [0.15, 0.2) is 53.5 Å². The number of aliphatic imine (C=N–C) groups is 1. The minimum Gasteiger partial charge on any atom is -0.497 e. The van der Waals surface area contributed by atoms with Gasteiger partial charge >= 0.3 is 0 Å². The summed E-state index contributed by atoms with van der Waals surface area (Å²) < 4.78 is 10.8. The van der Waals surface area contributed by atoms with E-state index >= 15 is 0 Å². The van der Waals surface area contributed by atoms with Crippen LogP contribution >= 0.6 is 24.0 Å². The first-order valence-electron chi connectivity index (χ1n) is 8.33. The molecule has 5 nitrogen and oxygen atoms in total. The Labute approximate surface area is 173 Å². The standard InChI is InChI=1S/C20H27N3O2.HI/c1-20(2,3)15-5-9-18(10-6-15)25-14-13-22-19(21)23-16-7-11-17(24-4)12-8-16;/h5-12H,13-14H2,1-4H3,(H3,21,22,23);1H. The molecule has 0 heterocycles. The number of hydrogen-bond acceptors (Lipinski definition) is 3. The highest BCUT2D eigenvalue weighted by Gasteiger charge is 2.12. The number of hydrogen-bond donors (Lipinski definition) is 2. The molecule has 2 aromatic rings. The number of nitrogens with two attached hydrogens (primary N) is 1. The van der Waals surface area contributed by atoms with Crippen molar-refractivity contribution in [3.8, 4) is 11.5 Å². The number of rotatable bonds is 6. The van der Waals surface area contributed by atoms with Gasteiger partial charge in [0.25, 0.3) is 0 Å². The smallest absolute Gasteiger partial charge is 0.193 e. The summed E-state index contributed by atoms with van der Waals surface area (Å²) in [5.41, 5.74) is 8.16. The molecule has 0 amide bonds. The first kappa shape index (κ1) is 22.1. The maximum Gasteiger partial charge on any atom is 0.193 e. The molecule has 6 heteroatoms. The van der Waals surface area contributed by atoms with Gasteiger partial charge in [0.15, 0.2) is 5.96 Å². The lowest BCUT2D eigenvalue weighted by molar-refractivity contribution is 0.328. The Kier molecular flexibility index (Phi) is 8.71. The lowest BCUT2D eigenvalue weighted by Gasteiger charge is -2.19. The molecule has 0 unspecified atom stereocenters. The van der Waals surface area contributed by atoms with Crippen molar-refractivity contribution in [2.24, 2.45) is 10.7 Å². The lowest BCUT2D eigenvalue weighted by atomic mass is 9.87. The fraction of sp³-hybridized carbons (Fsp3) is 0.350. The van der Waals surface area contributed by atoms with Crippen LogP contribution in [0.25, 0.3) is 0 Å². The van der Waals surface area contributed by atoms with Gasteiger partial charge < -0.3 is 20.5 Å². The number of ether oxygens (including phenoxy) is 2. The Morgan fingerprint density at radius 1 is 1.00 bits per heavy atom. The summed E-state index contributed by atoms with van der Waals surface area (Å²) >= 11 is 0. The highest BCUT2D eigenvalue weighted by atomic mass is 127. The summed E-state index contributed by atoms with van der Waals surface area (Å²) in [5.74, 6) is 1.99. The van der Waals surface area contributed by atoms with Crippen molar-refractivity contribution in [3.63, 3.8) is 0 Å². The fourth-order valence-electron chi connectivity index (χ4n) is 2.24. The van der Waals surface area contributed by atoms with E-state index in [-0.39, 0.29) is 29.4 Å². The molecule has 0 aliphatic heterocycles. The number of benzene rings is 2. The van der Waals surface area contributed by atoms with Gasteiger partial charge in [-0.2, -0.15) is 0 Å². The van der Waals surface area contributed by atoms with Gasteiger partial charge in [-0.05, 0) is 47.4 Å². The largest absolute Gasteiger partial charge is 0.497 e. The summed E-state index contributed by atoms with van der Waals surface area (Å²) in [6.07, 6.45) is 0. The van der Waals surface area contributed by atoms with E-state index in [0.717, 1.165) is 17.2 Å². The molecule has 0 aliphatic rings. The zero-order valence-corrected chi connectivity index (χ0v) is 18.1. The van der Waals surface area contributed by atoms with Crippen molar-refractivity contribution >= 4 is 35.6 Å². The molecule has 2 rings (SSSR count). The van der Waals surface area contributed by atoms with Crippen molar-refractivity contribution in [3.05, 3.63) is 54.1 Å². The number of guanidine groups is 1. The number of halogens is 1. The van der Waals surface area contributed by atoms with Crippen LogP contribution in [0.5, 0.6) is 11.5 Å². The zero-order chi connectivity index (χ0) is 18.3. The van der Waals surface area contributed by atoms with Gasteiger partial charge in [0, 0.05) is 5.69 Å². The van der Waals surface area contributed by atoms with Crippen molar-refractivity contribution in [1.82, 2.24) is 0 Å². The molecular weight excluding hydrogens is 441 g/mol. The van der Waals surface area contributed by atoms with Crippen LogP contribution in [0.1, 0.15) is 26.3 Å². The summed E-state index contributed by atoms with van der Waals surface area (Å²) in [5, 5.41) is 3.03. The van der Waals surface area contributed by atoms with Crippen molar-refractivity contribution < 1.29 is 9.47 Å². The number of nitrogens with one attached hydrogen (secondary N) is 1. The van der Waals surface area contributed by atoms with Crippen LogP contribution in [-0.4, -0.2) is 26.2 Å². The Hall–Kier alpha value is -1.96. The Bertz CT molecular complexity index is 692. The minimum absolute atomic E-state index is 0. The Morgan fingerprint density at radius 2 is 1.58 bits per heavy atom. The molecule has 0 radical (unpaired) electrons. The van der Waals surface area contributed by atoms with E-state index in [9.17, 15) is 0 Å². The molecule has 142 valence electrons. The van der Waals surface area contributed by atoms with Crippen molar-refractivity contribution in [1.29, 1.82) is 0 Å². The van der Waals surface area contributed by atoms with E-state index < -0.39 is 0 Å². The molecule has 0 bridgehead atoms. The Morgan fingerprint density at radius 3 is 2.12 bits per heavy atom. The second kappa shape index (κ2) is 10.3. The van der Waals surface area contributed by atoms with E-state index in [2.05, 4.69) is 43.2 Å². The molecule has 0 atom stereocenters. The molecule has 0 saturated carbocycles. The predicted octanol–water partition coefficient (Wildman–Crippen LogP) is 4.42. The van der Waals surface area contributed by atoms with Gasteiger partial charge in [0.2, 0.25) is 0 Å². The van der Waals surface area contributed by atoms with Gasteiger partial charge in [-0.3, -0.25) is 0 Å². The van der Waals surface area contributed by atoms with Gasteiger partial charge in [-0.25, -0.2) is 4.99 Å². The van der Waals surface area contributed by atoms with Crippen LogP contribution in [-0.2, 0) is 5.41 Å². The minimum atomic E-state index is 0. The van der Waals surface area contributed by atoms with Crippen molar-refractivity contribution in [2.75, 3.05) is 25.6 Å². The highest BCUT2D eigenvalue weighted by molar-refractivity contribution is 14.0. The Balaban J connectivity index is 0.00000338. The molecule has 0 aromatic heterocycles. The van der Waals surface area contributed by atoms with Crippen LogP contribution in [0, 0.1) is 0 Å². The normalized spacial score (nSPS) is 11.5. The van der Waals surface area contributed by atoms with E-state index in [1.165, 1.54) is 5.56 Å². The second-order valence-electron chi connectivity index (χ2n) is 6.74. The monoisotopic (exact) mass is 469 g/mol. The summed E-state index contributed by atoms with van der Waals surface area (Å²) in [7, 11) is 1.63. The topological polar surface area (TPSA) is 68.9 Å². The molecular formula is C20H28IN3O2. The molecule has 0 fully saturated rings. The average Bonchev–Trinajstić information content (AvgIpc) is 2.59. The van der Waals surface area contributed by atoms with Crippen LogP contribution in [0.2, 0.25) is 0 Å². The molecule has 26 heavy (non-hydrogen) atoms. The number of anilines is 1. The molecule has 3 N–H and O–H groups in total. The molecule has 0 saturated heterocycles. The average molecular weight is 469 g/mol. The lowest BCUT2D eigenvalue weighted by Crippen LogP contribution is -2.23. The third-order valence-corrected chi connectivity index (χ3v) is 3.72. The van der Waals surface area contributed by atoms with Gasteiger partial charge in [0.1, 0.15) is 18.1 Å². The van der Waals surface area contributed by atoms with Crippen LogP contribution < -0.4 is 20.5 Å². The summed E-state index contributed by atoms with van der Waals surface area (Å²) in [6, 6.07) is 15.7. The quantitative estimate of drug-likeness (QED) is 0.285. The first-order valence-corrected chi connectivity index (χ1v) is 8.33. The van der Waals surface area contributed by atoms with E-state index in [1.807, 2.05) is 36.4 Å². The third kappa shape index (κ3) is 7.11. The zero-order valence-electron chi connectivity index (χ0n) is 15.8. The van der Waals surface area contributed by atoms with Gasteiger partial charge in [-0.1, -0.05) is 32.9 Å². The summed E-state index contributed by atoms with van der Waals surface area (Å²) in [4.78, 5) is 4.26. The van der Waals surface area contributed by atoms with Gasteiger partial charge in [0.05, 0.1) is 13.7 Å². The van der Waals surface area contributed by atoms with E-state index in [1.54, 1.807) is 7.11 Å². The first-order chi connectivity index (χ1) is 11.9. The molecule has 2 aromatic carbocycles. The maximum atomic E-state index is 5.88.